The van der Waals surface area contributed by atoms with Gasteiger partial charge in [-0.05, 0) is 48.6 Å². The zero-order valence-corrected chi connectivity index (χ0v) is 18.0. The van der Waals surface area contributed by atoms with Gasteiger partial charge in [-0.3, -0.25) is 14.4 Å². The first kappa shape index (κ1) is 19.0. The fourth-order valence-corrected chi connectivity index (χ4v) is 6.27. The summed E-state index contributed by atoms with van der Waals surface area (Å²) in [7, 11) is -3.36. The zero-order chi connectivity index (χ0) is 21.0. The lowest BCUT2D eigenvalue weighted by atomic mass is 10.1. The van der Waals surface area contributed by atoms with E-state index in [9.17, 15) is 13.2 Å². The first-order valence-corrected chi connectivity index (χ1v) is 12.2. The number of carbonyl (C=O) groups excluding carboxylic acids is 1. The highest BCUT2D eigenvalue weighted by atomic mass is 32.2. The van der Waals surface area contributed by atoms with Crippen molar-refractivity contribution in [3.8, 4) is 0 Å². The Morgan fingerprint density at radius 1 is 1.17 bits per heavy atom. The van der Waals surface area contributed by atoms with Crippen molar-refractivity contribution in [3.05, 3.63) is 65.7 Å². The van der Waals surface area contributed by atoms with Crippen molar-refractivity contribution in [2.45, 2.75) is 19.4 Å². The van der Waals surface area contributed by atoms with Crippen LogP contribution in [0.3, 0.4) is 0 Å². The van der Waals surface area contributed by atoms with Crippen molar-refractivity contribution in [2.75, 3.05) is 15.9 Å². The first-order chi connectivity index (χ1) is 14.3. The van der Waals surface area contributed by atoms with Crippen LogP contribution in [0.2, 0.25) is 0 Å². The molecule has 8 heteroatoms. The topological polar surface area (TPSA) is 79.4 Å². The van der Waals surface area contributed by atoms with Crippen LogP contribution >= 0.6 is 11.3 Å². The second kappa shape index (κ2) is 6.78. The number of fused-ring (bicyclic) bond motifs is 4. The van der Waals surface area contributed by atoms with Gasteiger partial charge in [0.2, 0.25) is 10.0 Å². The van der Waals surface area contributed by atoms with E-state index in [-0.39, 0.29) is 11.9 Å². The number of sulfonamides is 1. The summed E-state index contributed by atoms with van der Waals surface area (Å²) in [6.45, 7) is 1.87. The molecule has 1 atom stereocenters. The molecule has 1 aromatic heterocycles. The van der Waals surface area contributed by atoms with Gasteiger partial charge in [0.15, 0.2) is 5.13 Å². The summed E-state index contributed by atoms with van der Waals surface area (Å²) in [6, 6.07) is 17.1. The molecule has 0 bridgehead atoms. The van der Waals surface area contributed by atoms with E-state index in [0.29, 0.717) is 22.8 Å². The molecule has 3 aromatic carbocycles. The molecule has 4 aromatic rings. The molecule has 0 fully saturated rings. The van der Waals surface area contributed by atoms with E-state index in [0.717, 1.165) is 26.6 Å². The number of hydrogen-bond acceptors (Lipinski definition) is 5. The molecule has 0 radical (unpaired) electrons. The number of carbonyl (C=O) groups is 1. The highest BCUT2D eigenvalue weighted by Gasteiger charge is 2.32. The van der Waals surface area contributed by atoms with Gasteiger partial charge in [0.25, 0.3) is 5.91 Å². The minimum Gasteiger partial charge on any atom is -0.298 e. The molecular formula is C22H19N3O3S2. The standard InChI is InChI=1S/C22H19N3O3S2/c1-13-11-16-12-15(7-9-18(16)25(13)30(2,27)28)21(26)24-22-23-20-17-6-4-3-5-14(17)8-10-19(20)29-22/h3-10,12-13H,11H2,1-2H3,(H,23,24,26). The summed E-state index contributed by atoms with van der Waals surface area (Å²) >= 11 is 1.43. The van der Waals surface area contributed by atoms with Crippen LogP contribution in [0.5, 0.6) is 0 Å². The van der Waals surface area contributed by atoms with Gasteiger partial charge in [0.05, 0.1) is 22.2 Å². The van der Waals surface area contributed by atoms with E-state index in [1.165, 1.54) is 21.9 Å². The number of anilines is 2. The van der Waals surface area contributed by atoms with Gasteiger partial charge < -0.3 is 0 Å². The molecule has 30 heavy (non-hydrogen) atoms. The lowest BCUT2D eigenvalue weighted by Crippen LogP contribution is -2.34. The Hall–Kier alpha value is -2.97. The number of amides is 1. The molecule has 1 N–H and O–H groups in total. The van der Waals surface area contributed by atoms with Crippen LogP contribution < -0.4 is 9.62 Å². The van der Waals surface area contributed by atoms with Gasteiger partial charge in [-0.2, -0.15) is 0 Å². The summed E-state index contributed by atoms with van der Waals surface area (Å²) < 4.78 is 26.6. The second-order valence-electron chi connectivity index (χ2n) is 7.56. The lowest BCUT2D eigenvalue weighted by molar-refractivity contribution is 0.102. The summed E-state index contributed by atoms with van der Waals surface area (Å²) in [5.74, 6) is -0.258. The average Bonchev–Trinajstić information content (AvgIpc) is 3.26. The monoisotopic (exact) mass is 437 g/mol. The van der Waals surface area contributed by atoms with Gasteiger partial charge in [-0.1, -0.05) is 41.7 Å². The molecule has 0 saturated carbocycles. The van der Waals surface area contributed by atoms with Crippen molar-refractivity contribution in [1.29, 1.82) is 0 Å². The molecule has 1 amide bonds. The van der Waals surface area contributed by atoms with E-state index >= 15 is 0 Å². The molecule has 5 rings (SSSR count). The SMILES string of the molecule is CC1Cc2cc(C(=O)Nc3nc4c(ccc5ccccc54)s3)ccc2N1S(C)(=O)=O. The number of benzene rings is 3. The van der Waals surface area contributed by atoms with Gasteiger partial charge >= 0.3 is 0 Å². The zero-order valence-electron chi connectivity index (χ0n) is 16.4. The number of rotatable bonds is 3. The highest BCUT2D eigenvalue weighted by molar-refractivity contribution is 7.92. The maximum atomic E-state index is 12.8. The Morgan fingerprint density at radius 3 is 2.77 bits per heavy atom. The Kier molecular flexibility index (Phi) is 4.30. The third-order valence-corrected chi connectivity index (χ3v) is 7.56. The van der Waals surface area contributed by atoms with E-state index in [1.807, 2.05) is 37.3 Å². The Morgan fingerprint density at radius 2 is 1.97 bits per heavy atom. The van der Waals surface area contributed by atoms with Crippen molar-refractivity contribution in [1.82, 2.24) is 4.98 Å². The van der Waals surface area contributed by atoms with Crippen LogP contribution in [0.25, 0.3) is 21.0 Å². The quantitative estimate of drug-likeness (QED) is 0.515. The normalized spacial score (nSPS) is 16.2. The lowest BCUT2D eigenvalue weighted by Gasteiger charge is -2.21. The molecule has 1 aliphatic rings. The van der Waals surface area contributed by atoms with Crippen LogP contribution in [0.1, 0.15) is 22.8 Å². The smallest absolute Gasteiger partial charge is 0.257 e. The van der Waals surface area contributed by atoms with E-state index in [2.05, 4.69) is 16.4 Å². The first-order valence-electron chi connectivity index (χ1n) is 9.53. The van der Waals surface area contributed by atoms with Crippen molar-refractivity contribution < 1.29 is 13.2 Å². The Bertz CT molecular complexity index is 1430. The molecule has 0 aliphatic carbocycles. The Labute approximate surface area is 178 Å². The number of thiazole rings is 1. The predicted molar refractivity (Wildman–Crippen MR) is 122 cm³/mol. The van der Waals surface area contributed by atoms with Gasteiger partial charge in [-0.25, -0.2) is 13.4 Å². The molecule has 0 spiro atoms. The summed E-state index contributed by atoms with van der Waals surface area (Å²) in [5.41, 5.74) is 2.87. The Balaban J connectivity index is 1.45. The van der Waals surface area contributed by atoms with Crippen LogP contribution in [-0.2, 0) is 16.4 Å². The van der Waals surface area contributed by atoms with Crippen LogP contribution in [0, 0.1) is 0 Å². The summed E-state index contributed by atoms with van der Waals surface area (Å²) in [6.07, 6.45) is 1.78. The number of nitrogens with zero attached hydrogens (tertiary/aromatic N) is 2. The van der Waals surface area contributed by atoms with Crippen molar-refractivity contribution >= 4 is 59.1 Å². The van der Waals surface area contributed by atoms with Gasteiger partial charge in [0, 0.05) is 17.0 Å². The molecule has 0 saturated heterocycles. The fourth-order valence-electron chi connectivity index (χ4n) is 4.13. The van der Waals surface area contributed by atoms with E-state index in [1.54, 1.807) is 18.2 Å². The summed E-state index contributed by atoms with van der Waals surface area (Å²) in [5, 5.41) is 5.60. The van der Waals surface area contributed by atoms with Crippen LogP contribution in [-0.4, -0.2) is 31.6 Å². The van der Waals surface area contributed by atoms with Gasteiger partial charge in [0.1, 0.15) is 0 Å². The number of aromatic nitrogens is 1. The average molecular weight is 438 g/mol. The van der Waals surface area contributed by atoms with Crippen molar-refractivity contribution in [3.63, 3.8) is 0 Å². The molecule has 6 nitrogen and oxygen atoms in total. The summed E-state index contributed by atoms with van der Waals surface area (Å²) in [4.78, 5) is 17.5. The van der Waals surface area contributed by atoms with Crippen LogP contribution in [0.4, 0.5) is 10.8 Å². The maximum Gasteiger partial charge on any atom is 0.257 e. The number of hydrogen-bond donors (Lipinski definition) is 1. The third-order valence-electron chi connectivity index (χ3n) is 5.36. The largest absolute Gasteiger partial charge is 0.298 e. The maximum absolute atomic E-state index is 12.8. The third kappa shape index (κ3) is 3.12. The molecular weight excluding hydrogens is 418 g/mol. The second-order valence-corrected chi connectivity index (χ2v) is 10.5. The highest BCUT2D eigenvalue weighted by Crippen LogP contribution is 2.35. The minimum absolute atomic E-state index is 0.161. The van der Waals surface area contributed by atoms with E-state index in [4.69, 9.17) is 0 Å². The van der Waals surface area contributed by atoms with Crippen LogP contribution in [0.15, 0.2) is 54.6 Å². The molecule has 1 unspecified atom stereocenters. The van der Waals surface area contributed by atoms with Crippen molar-refractivity contribution in [2.24, 2.45) is 0 Å². The van der Waals surface area contributed by atoms with Gasteiger partial charge in [-0.15, -0.1) is 0 Å². The fraction of sp³-hybridized carbons (Fsp3) is 0.182. The molecule has 1 aliphatic heterocycles. The molecule has 152 valence electrons. The van der Waals surface area contributed by atoms with E-state index < -0.39 is 10.0 Å². The minimum atomic E-state index is -3.36. The number of nitrogens with one attached hydrogen (secondary N) is 1. The predicted octanol–water partition coefficient (Wildman–Crippen LogP) is 4.41. The molecule has 2 heterocycles.